The zero-order chi connectivity index (χ0) is 10.4. The highest BCUT2D eigenvalue weighted by atomic mass is 16.2. The van der Waals surface area contributed by atoms with Gasteiger partial charge in [0.05, 0.1) is 0 Å². The van der Waals surface area contributed by atoms with Crippen molar-refractivity contribution in [2.45, 2.75) is 26.3 Å². The molecule has 1 aliphatic carbocycles. The second-order valence-corrected chi connectivity index (χ2v) is 4.74. The standard InChI is InChI=1S/C13H15NO/c1-9-3-2-4-11-8-14(7-10-5-6-10)13(15)12(9)11/h2-4,10H,5-8H2,1H3. The number of rotatable bonds is 2. The Labute approximate surface area is 89.9 Å². The van der Waals surface area contributed by atoms with Crippen molar-refractivity contribution in [2.24, 2.45) is 5.92 Å². The molecule has 1 aromatic rings. The van der Waals surface area contributed by atoms with Crippen molar-refractivity contribution in [3.8, 4) is 0 Å². The van der Waals surface area contributed by atoms with E-state index in [0.29, 0.717) is 0 Å². The molecule has 0 radical (unpaired) electrons. The first-order valence-corrected chi connectivity index (χ1v) is 5.63. The van der Waals surface area contributed by atoms with Crippen molar-refractivity contribution in [1.82, 2.24) is 4.90 Å². The van der Waals surface area contributed by atoms with Crippen LogP contribution < -0.4 is 0 Å². The van der Waals surface area contributed by atoms with Crippen LogP contribution in [0, 0.1) is 12.8 Å². The van der Waals surface area contributed by atoms with Gasteiger partial charge in [0.2, 0.25) is 0 Å². The molecule has 0 aromatic heterocycles. The maximum Gasteiger partial charge on any atom is 0.254 e. The SMILES string of the molecule is Cc1cccc2c1C(=O)N(CC1CC1)C2. The third kappa shape index (κ3) is 1.44. The molecule has 1 aliphatic heterocycles. The number of aryl methyl sites for hydroxylation is 1. The van der Waals surface area contributed by atoms with Crippen LogP contribution in [0.2, 0.25) is 0 Å². The molecule has 2 aliphatic rings. The lowest BCUT2D eigenvalue weighted by Crippen LogP contribution is -2.26. The molecular weight excluding hydrogens is 186 g/mol. The molecule has 0 unspecified atom stereocenters. The molecule has 15 heavy (non-hydrogen) atoms. The van der Waals surface area contributed by atoms with Gasteiger partial charge >= 0.3 is 0 Å². The number of carbonyl (C=O) groups excluding carboxylic acids is 1. The smallest absolute Gasteiger partial charge is 0.254 e. The molecule has 1 heterocycles. The Hall–Kier alpha value is -1.31. The maximum absolute atomic E-state index is 12.1. The van der Waals surface area contributed by atoms with Gasteiger partial charge in [0.15, 0.2) is 0 Å². The van der Waals surface area contributed by atoms with Crippen molar-refractivity contribution in [2.75, 3.05) is 6.54 Å². The van der Waals surface area contributed by atoms with Crippen LogP contribution in [0.15, 0.2) is 18.2 Å². The fourth-order valence-corrected chi connectivity index (χ4v) is 2.36. The van der Waals surface area contributed by atoms with E-state index in [0.717, 1.165) is 30.1 Å². The quantitative estimate of drug-likeness (QED) is 0.719. The van der Waals surface area contributed by atoms with Crippen LogP contribution in [0.3, 0.4) is 0 Å². The summed E-state index contributed by atoms with van der Waals surface area (Å²) in [5.41, 5.74) is 3.29. The van der Waals surface area contributed by atoms with Crippen molar-refractivity contribution >= 4 is 5.91 Å². The summed E-state index contributed by atoms with van der Waals surface area (Å²) in [6, 6.07) is 6.15. The van der Waals surface area contributed by atoms with Gasteiger partial charge in [0, 0.05) is 18.7 Å². The summed E-state index contributed by atoms with van der Waals surface area (Å²) in [6.45, 7) is 3.82. The minimum Gasteiger partial charge on any atom is -0.334 e. The highest BCUT2D eigenvalue weighted by molar-refractivity contribution is 5.99. The number of amides is 1. The van der Waals surface area contributed by atoms with E-state index >= 15 is 0 Å². The van der Waals surface area contributed by atoms with Crippen molar-refractivity contribution in [3.63, 3.8) is 0 Å². The minimum absolute atomic E-state index is 0.245. The molecule has 0 saturated heterocycles. The van der Waals surface area contributed by atoms with E-state index in [1.807, 2.05) is 24.0 Å². The van der Waals surface area contributed by atoms with Crippen molar-refractivity contribution in [1.29, 1.82) is 0 Å². The maximum atomic E-state index is 12.1. The lowest BCUT2D eigenvalue weighted by atomic mass is 10.0. The second kappa shape index (κ2) is 3.09. The fourth-order valence-electron chi connectivity index (χ4n) is 2.36. The first-order valence-electron chi connectivity index (χ1n) is 5.63. The molecule has 1 aromatic carbocycles. The average Bonchev–Trinajstić information content (AvgIpc) is 2.94. The molecule has 2 heteroatoms. The summed E-state index contributed by atoms with van der Waals surface area (Å²) in [6.07, 6.45) is 2.61. The van der Waals surface area contributed by atoms with Gasteiger partial charge in [-0.15, -0.1) is 0 Å². The van der Waals surface area contributed by atoms with Gasteiger partial charge in [-0.05, 0) is 36.8 Å². The normalized spacial score (nSPS) is 19.5. The molecule has 0 bridgehead atoms. The Morgan fingerprint density at radius 1 is 1.40 bits per heavy atom. The van der Waals surface area contributed by atoms with Gasteiger partial charge in [-0.25, -0.2) is 0 Å². The Balaban J connectivity index is 1.90. The summed E-state index contributed by atoms with van der Waals surface area (Å²) < 4.78 is 0. The first-order chi connectivity index (χ1) is 7.25. The fraction of sp³-hybridized carbons (Fsp3) is 0.462. The van der Waals surface area contributed by atoms with E-state index in [-0.39, 0.29) is 5.91 Å². The van der Waals surface area contributed by atoms with Crippen LogP contribution in [0.1, 0.15) is 34.3 Å². The van der Waals surface area contributed by atoms with E-state index in [4.69, 9.17) is 0 Å². The summed E-state index contributed by atoms with van der Waals surface area (Å²) in [5, 5.41) is 0. The van der Waals surface area contributed by atoms with Crippen LogP contribution in [-0.4, -0.2) is 17.4 Å². The Bertz CT molecular complexity index is 421. The molecule has 1 fully saturated rings. The largest absolute Gasteiger partial charge is 0.334 e. The molecule has 0 N–H and O–H groups in total. The summed E-state index contributed by atoms with van der Waals surface area (Å²) >= 11 is 0. The van der Waals surface area contributed by atoms with Crippen LogP contribution >= 0.6 is 0 Å². The van der Waals surface area contributed by atoms with Gasteiger partial charge in [-0.3, -0.25) is 4.79 Å². The Kier molecular flexibility index (Phi) is 1.84. The summed E-state index contributed by atoms with van der Waals surface area (Å²) in [7, 11) is 0. The van der Waals surface area contributed by atoms with Crippen molar-refractivity contribution < 1.29 is 4.79 Å². The number of nitrogens with zero attached hydrogens (tertiary/aromatic N) is 1. The average molecular weight is 201 g/mol. The molecular formula is C13H15NO. The van der Waals surface area contributed by atoms with E-state index in [1.54, 1.807) is 0 Å². The van der Waals surface area contributed by atoms with E-state index in [2.05, 4.69) is 6.07 Å². The zero-order valence-corrected chi connectivity index (χ0v) is 8.99. The lowest BCUT2D eigenvalue weighted by Gasteiger charge is -2.14. The van der Waals surface area contributed by atoms with E-state index in [9.17, 15) is 4.79 Å². The first kappa shape index (κ1) is 8.96. The molecule has 0 atom stereocenters. The summed E-state index contributed by atoms with van der Waals surface area (Å²) in [4.78, 5) is 14.1. The number of hydrogen-bond acceptors (Lipinski definition) is 1. The second-order valence-electron chi connectivity index (χ2n) is 4.74. The van der Waals surface area contributed by atoms with Crippen LogP contribution in [0.5, 0.6) is 0 Å². The van der Waals surface area contributed by atoms with Gasteiger partial charge in [0.25, 0.3) is 5.91 Å². The number of fused-ring (bicyclic) bond motifs is 1. The molecule has 0 spiro atoms. The molecule has 1 saturated carbocycles. The number of hydrogen-bond donors (Lipinski definition) is 0. The molecule has 2 nitrogen and oxygen atoms in total. The number of benzene rings is 1. The predicted molar refractivity (Wildman–Crippen MR) is 58.6 cm³/mol. The van der Waals surface area contributed by atoms with E-state index < -0.39 is 0 Å². The van der Waals surface area contributed by atoms with Gasteiger partial charge in [-0.2, -0.15) is 0 Å². The third-order valence-electron chi connectivity index (χ3n) is 3.40. The molecule has 3 rings (SSSR count). The van der Waals surface area contributed by atoms with Crippen LogP contribution in [0.4, 0.5) is 0 Å². The van der Waals surface area contributed by atoms with Crippen LogP contribution in [0.25, 0.3) is 0 Å². The van der Waals surface area contributed by atoms with Gasteiger partial charge in [-0.1, -0.05) is 18.2 Å². The molecule has 1 amide bonds. The Morgan fingerprint density at radius 2 is 2.20 bits per heavy atom. The minimum atomic E-state index is 0.245. The van der Waals surface area contributed by atoms with Gasteiger partial charge in [0.1, 0.15) is 0 Å². The Morgan fingerprint density at radius 3 is 2.87 bits per heavy atom. The lowest BCUT2D eigenvalue weighted by molar-refractivity contribution is 0.0770. The third-order valence-corrected chi connectivity index (χ3v) is 3.40. The zero-order valence-electron chi connectivity index (χ0n) is 8.99. The predicted octanol–water partition coefficient (Wildman–Crippen LogP) is 2.36. The highest BCUT2D eigenvalue weighted by Gasteiger charge is 2.33. The number of carbonyl (C=O) groups is 1. The molecule has 78 valence electrons. The van der Waals surface area contributed by atoms with Crippen LogP contribution in [-0.2, 0) is 6.54 Å². The highest BCUT2D eigenvalue weighted by Crippen LogP contribution is 2.33. The monoisotopic (exact) mass is 201 g/mol. The van der Waals surface area contributed by atoms with Crippen molar-refractivity contribution in [3.05, 3.63) is 34.9 Å². The topological polar surface area (TPSA) is 20.3 Å². The van der Waals surface area contributed by atoms with Gasteiger partial charge < -0.3 is 4.90 Å². The summed E-state index contributed by atoms with van der Waals surface area (Å²) in [5.74, 6) is 1.03. The van der Waals surface area contributed by atoms with E-state index in [1.165, 1.54) is 18.4 Å².